The normalized spacial score (nSPS) is 13.9. The second-order valence-electron chi connectivity index (χ2n) is 14.7. The fourth-order valence-corrected chi connectivity index (χ4v) is 7.63. The first-order valence-electron chi connectivity index (χ1n) is 20.0. The zero-order chi connectivity index (χ0) is 39.9. The molecule has 1 aromatic heterocycles. The first kappa shape index (κ1) is 42.4. The maximum atomic E-state index is 13.2. The fraction of sp³-hybridized carbons (Fsp3) is 0.413. The monoisotopic (exact) mass is 778 g/mol. The molecule has 0 amide bonds. The molecule has 0 aliphatic carbocycles. The molecule has 1 fully saturated rings. The van der Waals surface area contributed by atoms with Crippen molar-refractivity contribution in [1.82, 2.24) is 24.1 Å². The number of ether oxygens (including phenoxy) is 1. The van der Waals surface area contributed by atoms with Crippen molar-refractivity contribution >= 4 is 23.1 Å². The van der Waals surface area contributed by atoms with Crippen molar-refractivity contribution in [3.05, 3.63) is 148 Å². The van der Waals surface area contributed by atoms with Crippen LogP contribution in [0.1, 0.15) is 57.0 Å². The number of carbonyl (C=O) groups is 1. The van der Waals surface area contributed by atoms with Crippen LogP contribution in [0, 0.1) is 0 Å². The Bertz CT molecular complexity index is 1940. The number of Topliss-reactive ketones (excluding diaryl/α,β-unsaturated/α-hetero) is 1. The van der Waals surface area contributed by atoms with Crippen LogP contribution in [0.2, 0.25) is 5.02 Å². The maximum absolute atomic E-state index is 13.2. The Morgan fingerprint density at radius 1 is 0.821 bits per heavy atom. The van der Waals surface area contributed by atoms with Crippen LogP contribution in [0.5, 0.6) is 5.75 Å². The highest BCUT2D eigenvalue weighted by molar-refractivity contribution is 6.30. The Kier molecular flexibility index (Phi) is 15.9. The van der Waals surface area contributed by atoms with Crippen molar-refractivity contribution in [1.29, 1.82) is 0 Å². The molecule has 1 atom stereocenters. The highest BCUT2D eigenvalue weighted by Crippen LogP contribution is 2.39. The lowest BCUT2D eigenvalue weighted by Gasteiger charge is -2.37. The average molecular weight is 779 g/mol. The number of hydrogen-bond donors (Lipinski definition) is 0. The van der Waals surface area contributed by atoms with Gasteiger partial charge in [-0.15, -0.1) is 0 Å². The lowest BCUT2D eigenvalue weighted by atomic mass is 9.67. The molecule has 1 aliphatic heterocycles. The molecule has 298 valence electrons. The maximum Gasteiger partial charge on any atom is 0.346 e. The molecular weight excluding hydrogens is 720 g/mol. The number of anilines is 1. The largest absolute Gasteiger partial charge is 0.492 e. The molecule has 6 rings (SSSR count). The lowest BCUT2D eigenvalue weighted by Crippen LogP contribution is -2.46. The highest BCUT2D eigenvalue weighted by atomic mass is 35.5. The molecule has 5 aromatic rings. The van der Waals surface area contributed by atoms with E-state index >= 15 is 0 Å². The second kappa shape index (κ2) is 21.0. The number of rotatable bonds is 17. The van der Waals surface area contributed by atoms with E-state index < -0.39 is 5.41 Å². The van der Waals surface area contributed by atoms with E-state index in [0.29, 0.717) is 32.2 Å². The standard InChI is InChI=1S/C25H32ClN5O2.C21H27NO/c1-2-24-27-31(25(32)30(24)18-19-33-23-10-4-3-5-11-23)13-7-12-28-14-16-29(17-15-28)22-9-6-8-21(26)20-22;1-5-20(23)21(16-17(2)22(3)4,18-12-8-6-9-13-18)19-14-10-7-11-15-19/h3-6,8-11,20H,2,7,12-19H2,1H3;6-15,17H,5,16H2,1-4H3. The number of nitrogens with zero attached hydrogens (tertiary/aromatic N) is 6. The van der Waals surface area contributed by atoms with Crippen molar-refractivity contribution in [2.24, 2.45) is 0 Å². The minimum Gasteiger partial charge on any atom is -0.492 e. The zero-order valence-electron chi connectivity index (χ0n) is 33.8. The zero-order valence-corrected chi connectivity index (χ0v) is 34.6. The molecule has 0 saturated carbocycles. The number of halogens is 1. The number of ketones is 1. The summed E-state index contributed by atoms with van der Waals surface area (Å²) in [5.74, 6) is 1.90. The van der Waals surface area contributed by atoms with E-state index in [2.05, 4.69) is 71.1 Å². The van der Waals surface area contributed by atoms with Crippen molar-refractivity contribution < 1.29 is 9.53 Å². The molecule has 2 heterocycles. The number of aryl methyl sites for hydroxylation is 2. The van der Waals surface area contributed by atoms with Gasteiger partial charge in [-0.05, 0) is 75.3 Å². The molecular formula is C46H59ClN6O3. The van der Waals surface area contributed by atoms with Crippen LogP contribution in [0.3, 0.4) is 0 Å². The van der Waals surface area contributed by atoms with Crippen LogP contribution in [-0.2, 0) is 29.7 Å². The smallest absolute Gasteiger partial charge is 0.346 e. The van der Waals surface area contributed by atoms with E-state index in [1.807, 2.05) is 98.8 Å². The van der Waals surface area contributed by atoms with Gasteiger partial charge in [0.1, 0.15) is 24.0 Å². The van der Waals surface area contributed by atoms with Crippen LogP contribution in [0.25, 0.3) is 0 Å². The van der Waals surface area contributed by atoms with E-state index in [0.717, 1.165) is 79.7 Å². The summed E-state index contributed by atoms with van der Waals surface area (Å²) in [4.78, 5) is 33.1. The minimum atomic E-state index is -0.582. The summed E-state index contributed by atoms with van der Waals surface area (Å²) in [6.07, 6.45) is 2.93. The van der Waals surface area contributed by atoms with Crippen molar-refractivity contribution in [3.63, 3.8) is 0 Å². The van der Waals surface area contributed by atoms with E-state index in [4.69, 9.17) is 16.3 Å². The summed E-state index contributed by atoms with van der Waals surface area (Å²) in [5.41, 5.74) is 2.73. The summed E-state index contributed by atoms with van der Waals surface area (Å²) < 4.78 is 9.12. The SMILES string of the molecule is CCC(=O)C(CC(C)N(C)C)(c1ccccc1)c1ccccc1.CCc1nn(CCCN2CCN(c3cccc(Cl)c3)CC2)c(=O)n1CCOc1ccccc1. The third-order valence-corrected chi connectivity index (χ3v) is 11.1. The number of hydrogen-bond acceptors (Lipinski definition) is 7. The van der Waals surface area contributed by atoms with Gasteiger partial charge in [-0.25, -0.2) is 9.48 Å². The Hall–Kier alpha value is -4.70. The number of piperazine rings is 1. The fourth-order valence-electron chi connectivity index (χ4n) is 7.45. The number of benzene rings is 4. The summed E-state index contributed by atoms with van der Waals surface area (Å²) in [5, 5.41) is 5.34. The molecule has 10 heteroatoms. The molecule has 4 aromatic carbocycles. The van der Waals surface area contributed by atoms with Crippen molar-refractivity contribution in [2.75, 3.05) is 58.3 Å². The molecule has 56 heavy (non-hydrogen) atoms. The van der Waals surface area contributed by atoms with Crippen molar-refractivity contribution in [3.8, 4) is 5.75 Å². The van der Waals surface area contributed by atoms with Gasteiger partial charge >= 0.3 is 5.69 Å². The number of carbonyl (C=O) groups excluding carboxylic acids is 1. The predicted molar refractivity (Wildman–Crippen MR) is 229 cm³/mol. The Morgan fingerprint density at radius 2 is 1.43 bits per heavy atom. The third-order valence-electron chi connectivity index (χ3n) is 10.8. The molecule has 1 saturated heterocycles. The predicted octanol–water partition coefficient (Wildman–Crippen LogP) is 7.84. The van der Waals surface area contributed by atoms with Gasteiger partial charge in [0.05, 0.1) is 12.0 Å². The van der Waals surface area contributed by atoms with E-state index in [1.54, 1.807) is 9.25 Å². The van der Waals surface area contributed by atoms with Crippen LogP contribution in [0.4, 0.5) is 5.69 Å². The van der Waals surface area contributed by atoms with Gasteiger partial charge in [0.15, 0.2) is 0 Å². The Labute approximate surface area is 338 Å². The van der Waals surface area contributed by atoms with Gasteiger partial charge in [-0.2, -0.15) is 5.10 Å². The topological polar surface area (TPSA) is 75.8 Å². The van der Waals surface area contributed by atoms with Crippen molar-refractivity contribution in [2.45, 2.75) is 71.0 Å². The van der Waals surface area contributed by atoms with Gasteiger partial charge in [-0.1, -0.05) is 110 Å². The van der Waals surface area contributed by atoms with Gasteiger partial charge in [0, 0.05) is 68.9 Å². The van der Waals surface area contributed by atoms with Gasteiger partial charge in [0.25, 0.3) is 0 Å². The Balaban J connectivity index is 0.000000229. The molecule has 1 unspecified atom stereocenters. The summed E-state index contributed by atoms with van der Waals surface area (Å²) in [6.45, 7) is 12.7. The van der Waals surface area contributed by atoms with Crippen LogP contribution < -0.4 is 15.3 Å². The second-order valence-corrected chi connectivity index (χ2v) is 15.1. The van der Waals surface area contributed by atoms with Crippen LogP contribution in [-0.4, -0.2) is 89.4 Å². The molecule has 9 nitrogen and oxygen atoms in total. The van der Waals surface area contributed by atoms with Gasteiger partial charge in [0.2, 0.25) is 0 Å². The molecule has 0 N–H and O–H groups in total. The summed E-state index contributed by atoms with van der Waals surface area (Å²) >= 11 is 6.13. The minimum absolute atomic E-state index is 0.0470. The molecule has 0 spiro atoms. The summed E-state index contributed by atoms with van der Waals surface area (Å²) in [6, 6.07) is 38.5. The number of para-hydroxylation sites is 1. The van der Waals surface area contributed by atoms with Gasteiger partial charge in [-0.3, -0.25) is 14.3 Å². The average Bonchev–Trinajstić information content (AvgIpc) is 3.54. The lowest BCUT2D eigenvalue weighted by molar-refractivity contribution is -0.123. The van der Waals surface area contributed by atoms with Crippen LogP contribution in [0.15, 0.2) is 120 Å². The Morgan fingerprint density at radius 3 is 1.98 bits per heavy atom. The van der Waals surface area contributed by atoms with E-state index in [9.17, 15) is 9.59 Å². The molecule has 1 aliphatic rings. The van der Waals surface area contributed by atoms with Crippen LogP contribution >= 0.6 is 11.6 Å². The quantitative estimate of drug-likeness (QED) is 0.0953. The number of aromatic nitrogens is 3. The van der Waals surface area contributed by atoms with E-state index in [1.165, 1.54) is 5.69 Å². The van der Waals surface area contributed by atoms with E-state index in [-0.39, 0.29) is 11.5 Å². The molecule has 0 radical (unpaired) electrons. The molecule has 0 bridgehead atoms. The summed E-state index contributed by atoms with van der Waals surface area (Å²) in [7, 11) is 4.14. The first-order chi connectivity index (χ1) is 27.2. The first-order valence-corrected chi connectivity index (χ1v) is 20.4. The van der Waals surface area contributed by atoms with Gasteiger partial charge < -0.3 is 14.5 Å². The third kappa shape index (κ3) is 11.0. The highest BCUT2D eigenvalue weighted by Gasteiger charge is 2.41.